The number of hydrogen-bond acceptors (Lipinski definition) is 4. The molecule has 1 fully saturated rings. The van der Waals surface area contributed by atoms with Gasteiger partial charge in [0.05, 0.1) is 19.8 Å². The van der Waals surface area contributed by atoms with E-state index in [2.05, 4.69) is 0 Å². The standard InChI is InChI=1S/C16H24O4/c1-4-20-16(9-5-6-10-16)15(17)12-7-8-13(18-2)14(11-12)19-3/h7-8,11,15,17H,4-6,9-10H2,1-3H3. The predicted octanol–water partition coefficient (Wildman–Crippen LogP) is 3.09. The van der Waals surface area contributed by atoms with E-state index in [1.54, 1.807) is 14.2 Å². The average molecular weight is 280 g/mol. The number of methoxy groups -OCH3 is 2. The highest BCUT2D eigenvalue weighted by molar-refractivity contribution is 5.44. The summed E-state index contributed by atoms with van der Waals surface area (Å²) in [6, 6.07) is 5.54. The molecule has 1 aromatic carbocycles. The summed E-state index contributed by atoms with van der Waals surface area (Å²) in [4.78, 5) is 0. The maximum absolute atomic E-state index is 10.8. The molecule has 1 N–H and O–H groups in total. The Morgan fingerprint density at radius 2 is 1.80 bits per heavy atom. The lowest BCUT2D eigenvalue weighted by Crippen LogP contribution is -2.36. The molecule has 0 spiro atoms. The van der Waals surface area contributed by atoms with E-state index in [0.29, 0.717) is 18.1 Å². The number of rotatable bonds is 6. The van der Waals surface area contributed by atoms with E-state index in [9.17, 15) is 5.11 Å². The van der Waals surface area contributed by atoms with Gasteiger partial charge in [-0.25, -0.2) is 0 Å². The van der Waals surface area contributed by atoms with Crippen LogP contribution in [-0.2, 0) is 4.74 Å². The zero-order chi connectivity index (χ0) is 14.6. The first kappa shape index (κ1) is 15.1. The van der Waals surface area contributed by atoms with Crippen molar-refractivity contribution >= 4 is 0 Å². The Labute approximate surface area is 120 Å². The molecule has 4 nitrogen and oxygen atoms in total. The number of ether oxygens (including phenoxy) is 3. The molecule has 2 rings (SSSR count). The Morgan fingerprint density at radius 3 is 2.35 bits per heavy atom. The van der Waals surface area contributed by atoms with Crippen molar-refractivity contribution in [3.8, 4) is 11.5 Å². The van der Waals surface area contributed by atoms with Crippen LogP contribution in [0.25, 0.3) is 0 Å². The van der Waals surface area contributed by atoms with E-state index in [1.807, 2.05) is 25.1 Å². The molecular formula is C16H24O4. The van der Waals surface area contributed by atoms with E-state index >= 15 is 0 Å². The molecule has 0 amide bonds. The summed E-state index contributed by atoms with van der Waals surface area (Å²) in [5.41, 5.74) is 0.368. The minimum Gasteiger partial charge on any atom is -0.493 e. The van der Waals surface area contributed by atoms with Gasteiger partial charge in [-0.2, -0.15) is 0 Å². The second-order valence-electron chi connectivity index (χ2n) is 5.22. The van der Waals surface area contributed by atoms with Gasteiger partial charge < -0.3 is 19.3 Å². The fourth-order valence-corrected chi connectivity index (χ4v) is 3.08. The molecule has 20 heavy (non-hydrogen) atoms. The molecule has 1 saturated carbocycles. The zero-order valence-corrected chi connectivity index (χ0v) is 12.5. The third kappa shape index (κ3) is 2.76. The SMILES string of the molecule is CCOC1(C(O)c2ccc(OC)c(OC)c2)CCCC1. The number of aliphatic hydroxyl groups excluding tert-OH is 1. The van der Waals surface area contributed by atoms with E-state index < -0.39 is 11.7 Å². The summed E-state index contributed by atoms with van der Waals surface area (Å²) in [6.07, 6.45) is 3.37. The van der Waals surface area contributed by atoms with Crippen LogP contribution in [0.2, 0.25) is 0 Å². The minimum absolute atomic E-state index is 0.450. The topological polar surface area (TPSA) is 47.9 Å². The van der Waals surface area contributed by atoms with Crippen molar-refractivity contribution in [1.82, 2.24) is 0 Å². The molecule has 4 heteroatoms. The first-order chi connectivity index (χ1) is 9.66. The smallest absolute Gasteiger partial charge is 0.161 e. The molecule has 0 bridgehead atoms. The Hall–Kier alpha value is -1.26. The van der Waals surface area contributed by atoms with Crippen molar-refractivity contribution < 1.29 is 19.3 Å². The third-order valence-electron chi connectivity index (χ3n) is 4.10. The molecule has 0 heterocycles. The average Bonchev–Trinajstić information content (AvgIpc) is 2.96. The number of aliphatic hydroxyl groups is 1. The molecule has 0 radical (unpaired) electrons. The molecule has 0 aromatic heterocycles. The van der Waals surface area contributed by atoms with Crippen LogP contribution in [0.1, 0.15) is 44.3 Å². The van der Waals surface area contributed by atoms with E-state index in [-0.39, 0.29) is 0 Å². The monoisotopic (exact) mass is 280 g/mol. The van der Waals surface area contributed by atoms with Crippen molar-refractivity contribution in [2.75, 3.05) is 20.8 Å². The summed E-state index contributed by atoms with van der Waals surface area (Å²) in [5, 5.41) is 10.8. The normalized spacial score (nSPS) is 18.8. The molecule has 1 aliphatic rings. The second-order valence-corrected chi connectivity index (χ2v) is 5.22. The van der Waals surface area contributed by atoms with E-state index in [1.165, 1.54) is 0 Å². The molecular weight excluding hydrogens is 256 g/mol. The van der Waals surface area contributed by atoms with Gasteiger partial charge in [0.15, 0.2) is 11.5 Å². The lowest BCUT2D eigenvalue weighted by atomic mass is 9.89. The van der Waals surface area contributed by atoms with Gasteiger partial charge in [-0.05, 0) is 37.5 Å². The van der Waals surface area contributed by atoms with Crippen LogP contribution in [0.4, 0.5) is 0 Å². The van der Waals surface area contributed by atoms with Gasteiger partial charge in [-0.3, -0.25) is 0 Å². The Morgan fingerprint density at radius 1 is 1.15 bits per heavy atom. The lowest BCUT2D eigenvalue weighted by molar-refractivity contribution is -0.118. The van der Waals surface area contributed by atoms with Crippen molar-refractivity contribution in [1.29, 1.82) is 0 Å². The van der Waals surface area contributed by atoms with Crippen LogP contribution in [0, 0.1) is 0 Å². The summed E-state index contributed by atoms with van der Waals surface area (Å²) in [7, 11) is 3.20. The highest BCUT2D eigenvalue weighted by Gasteiger charge is 2.42. The highest BCUT2D eigenvalue weighted by Crippen LogP contribution is 2.44. The van der Waals surface area contributed by atoms with E-state index in [4.69, 9.17) is 14.2 Å². The summed E-state index contributed by atoms with van der Waals surface area (Å²) in [6.45, 7) is 2.59. The lowest BCUT2D eigenvalue weighted by Gasteiger charge is -2.34. The largest absolute Gasteiger partial charge is 0.493 e. The van der Waals surface area contributed by atoms with Crippen LogP contribution in [0.15, 0.2) is 18.2 Å². The molecule has 1 aromatic rings. The highest BCUT2D eigenvalue weighted by atomic mass is 16.5. The van der Waals surface area contributed by atoms with Crippen LogP contribution < -0.4 is 9.47 Å². The van der Waals surface area contributed by atoms with Crippen molar-refractivity contribution in [3.05, 3.63) is 23.8 Å². The van der Waals surface area contributed by atoms with Crippen LogP contribution in [0.5, 0.6) is 11.5 Å². The van der Waals surface area contributed by atoms with Crippen molar-refractivity contribution in [2.45, 2.75) is 44.3 Å². The van der Waals surface area contributed by atoms with Gasteiger partial charge in [0.1, 0.15) is 6.10 Å². The predicted molar refractivity (Wildman–Crippen MR) is 77.3 cm³/mol. The maximum atomic E-state index is 10.8. The van der Waals surface area contributed by atoms with E-state index in [0.717, 1.165) is 31.2 Å². The number of benzene rings is 1. The van der Waals surface area contributed by atoms with Crippen molar-refractivity contribution in [3.63, 3.8) is 0 Å². The fourth-order valence-electron chi connectivity index (χ4n) is 3.08. The van der Waals surface area contributed by atoms with Crippen molar-refractivity contribution in [2.24, 2.45) is 0 Å². The Kier molecular flexibility index (Phi) is 4.89. The number of hydrogen-bond donors (Lipinski definition) is 1. The van der Waals surface area contributed by atoms with Gasteiger partial charge >= 0.3 is 0 Å². The summed E-state index contributed by atoms with van der Waals surface area (Å²) < 4.78 is 16.5. The fraction of sp³-hybridized carbons (Fsp3) is 0.625. The zero-order valence-electron chi connectivity index (χ0n) is 12.5. The third-order valence-corrected chi connectivity index (χ3v) is 4.10. The summed E-state index contributed by atoms with van der Waals surface area (Å²) in [5.74, 6) is 1.30. The van der Waals surface area contributed by atoms with Crippen LogP contribution in [-0.4, -0.2) is 31.5 Å². The molecule has 112 valence electrons. The Balaban J connectivity index is 2.29. The summed E-state index contributed by atoms with van der Waals surface area (Å²) >= 11 is 0. The molecule has 0 aliphatic heterocycles. The van der Waals surface area contributed by atoms with Crippen LogP contribution >= 0.6 is 0 Å². The quantitative estimate of drug-likeness (QED) is 0.870. The molecule has 1 unspecified atom stereocenters. The molecule has 0 saturated heterocycles. The first-order valence-electron chi connectivity index (χ1n) is 7.21. The second kappa shape index (κ2) is 6.46. The van der Waals surface area contributed by atoms with Gasteiger partial charge in [0, 0.05) is 6.61 Å². The maximum Gasteiger partial charge on any atom is 0.161 e. The Bertz CT molecular complexity index is 438. The molecule has 1 atom stereocenters. The van der Waals surface area contributed by atoms with Gasteiger partial charge in [-0.1, -0.05) is 18.9 Å². The van der Waals surface area contributed by atoms with Gasteiger partial charge in [-0.15, -0.1) is 0 Å². The van der Waals surface area contributed by atoms with Crippen LogP contribution in [0.3, 0.4) is 0 Å². The molecule has 1 aliphatic carbocycles. The van der Waals surface area contributed by atoms with Gasteiger partial charge in [0.25, 0.3) is 0 Å². The van der Waals surface area contributed by atoms with Gasteiger partial charge in [0.2, 0.25) is 0 Å². The first-order valence-corrected chi connectivity index (χ1v) is 7.21. The minimum atomic E-state index is -0.634.